The Kier molecular flexibility index (Phi) is 5.18. The molecule has 0 aliphatic heterocycles. The number of ether oxygens (including phenoxy) is 1. The Morgan fingerprint density at radius 1 is 1.12 bits per heavy atom. The van der Waals surface area contributed by atoms with Crippen LogP contribution in [0.15, 0.2) is 24.3 Å². The number of nitrogens with zero attached hydrogens (tertiary/aromatic N) is 1. The molecule has 3 rings (SSSR count). The van der Waals surface area contributed by atoms with Gasteiger partial charge in [-0.25, -0.2) is 4.98 Å². The number of hydrogen-bond acceptors (Lipinski definition) is 4. The molecule has 1 N–H and O–H groups in total. The monoisotopic (exact) mass is 394 g/mol. The van der Waals surface area contributed by atoms with E-state index in [-0.39, 0.29) is 12.5 Å². The number of aryl methyl sites for hydroxylation is 3. The molecule has 130 valence electrons. The smallest absolute Gasteiger partial charge is 0.264 e. The molecular formula is C18H16Cl2N2O2S. The van der Waals surface area contributed by atoms with Gasteiger partial charge in [0.2, 0.25) is 0 Å². The van der Waals surface area contributed by atoms with Gasteiger partial charge in [-0.2, -0.15) is 0 Å². The molecule has 25 heavy (non-hydrogen) atoms. The lowest BCUT2D eigenvalue weighted by Crippen LogP contribution is -2.20. The van der Waals surface area contributed by atoms with Crippen LogP contribution in [-0.2, 0) is 4.79 Å². The van der Waals surface area contributed by atoms with Gasteiger partial charge in [0.1, 0.15) is 5.75 Å². The van der Waals surface area contributed by atoms with Gasteiger partial charge in [-0.1, -0.05) is 34.5 Å². The Hall–Kier alpha value is -1.82. The summed E-state index contributed by atoms with van der Waals surface area (Å²) in [5.41, 5.74) is 3.57. The minimum atomic E-state index is -0.271. The van der Waals surface area contributed by atoms with Crippen molar-refractivity contribution >= 4 is 55.8 Å². The molecule has 0 atom stereocenters. The van der Waals surface area contributed by atoms with E-state index in [0.29, 0.717) is 20.9 Å². The van der Waals surface area contributed by atoms with Crippen molar-refractivity contribution in [1.82, 2.24) is 4.98 Å². The molecule has 1 heterocycles. The lowest BCUT2D eigenvalue weighted by Gasteiger charge is -2.09. The summed E-state index contributed by atoms with van der Waals surface area (Å²) in [6, 6.07) is 7.38. The maximum absolute atomic E-state index is 12.1. The summed E-state index contributed by atoms with van der Waals surface area (Å²) in [5.74, 6) is 0.341. The van der Waals surface area contributed by atoms with E-state index in [2.05, 4.69) is 10.3 Å². The molecule has 0 spiro atoms. The van der Waals surface area contributed by atoms with Gasteiger partial charge in [0.15, 0.2) is 11.7 Å². The molecule has 3 aromatic rings. The van der Waals surface area contributed by atoms with Crippen molar-refractivity contribution in [2.45, 2.75) is 20.8 Å². The van der Waals surface area contributed by atoms with Gasteiger partial charge in [0.25, 0.3) is 5.91 Å². The van der Waals surface area contributed by atoms with Crippen LogP contribution in [0.1, 0.15) is 16.7 Å². The van der Waals surface area contributed by atoms with E-state index in [9.17, 15) is 4.79 Å². The molecule has 0 saturated carbocycles. The number of halogens is 2. The number of fused-ring (bicyclic) bond motifs is 1. The van der Waals surface area contributed by atoms with E-state index in [1.165, 1.54) is 11.3 Å². The molecule has 1 amide bonds. The first-order valence-corrected chi connectivity index (χ1v) is 9.17. The number of benzene rings is 2. The minimum Gasteiger partial charge on any atom is -0.484 e. The topological polar surface area (TPSA) is 51.2 Å². The maximum atomic E-state index is 12.1. The Morgan fingerprint density at radius 2 is 1.80 bits per heavy atom. The molecule has 0 aliphatic carbocycles. The third kappa shape index (κ3) is 4.06. The second kappa shape index (κ2) is 7.20. The Morgan fingerprint density at radius 3 is 2.48 bits per heavy atom. The molecule has 2 aromatic carbocycles. The van der Waals surface area contributed by atoms with E-state index >= 15 is 0 Å². The van der Waals surface area contributed by atoms with Crippen LogP contribution in [0.5, 0.6) is 5.75 Å². The summed E-state index contributed by atoms with van der Waals surface area (Å²) >= 11 is 13.6. The zero-order chi connectivity index (χ0) is 18.1. The number of hydrogen-bond donors (Lipinski definition) is 1. The highest BCUT2D eigenvalue weighted by Crippen LogP contribution is 2.30. The number of carbonyl (C=O) groups is 1. The summed E-state index contributed by atoms with van der Waals surface area (Å²) in [4.78, 5) is 16.5. The zero-order valence-electron chi connectivity index (χ0n) is 13.9. The minimum absolute atomic E-state index is 0.101. The van der Waals surface area contributed by atoms with Crippen molar-refractivity contribution in [3.05, 3.63) is 51.0 Å². The van der Waals surface area contributed by atoms with Crippen molar-refractivity contribution in [2.24, 2.45) is 0 Å². The second-order valence-electron chi connectivity index (χ2n) is 5.80. The van der Waals surface area contributed by atoms with Crippen molar-refractivity contribution in [3.8, 4) is 5.75 Å². The van der Waals surface area contributed by atoms with E-state index in [0.717, 1.165) is 26.9 Å². The second-order valence-corrected chi connectivity index (χ2v) is 7.61. The number of nitrogens with one attached hydrogen (secondary N) is 1. The first kappa shape index (κ1) is 18.0. The molecule has 0 aliphatic rings. The summed E-state index contributed by atoms with van der Waals surface area (Å²) in [5, 5.41) is 4.65. The number of carbonyl (C=O) groups excluding carboxylic acids is 1. The maximum Gasteiger partial charge on any atom is 0.264 e. The fraction of sp³-hybridized carbons (Fsp3) is 0.222. The largest absolute Gasteiger partial charge is 0.484 e. The van der Waals surface area contributed by atoms with Crippen LogP contribution in [-0.4, -0.2) is 17.5 Å². The van der Waals surface area contributed by atoms with Crippen LogP contribution in [0.2, 0.25) is 10.0 Å². The predicted molar refractivity (Wildman–Crippen MR) is 104 cm³/mol. The van der Waals surface area contributed by atoms with E-state index in [1.807, 2.05) is 39.0 Å². The van der Waals surface area contributed by atoms with Crippen molar-refractivity contribution in [1.29, 1.82) is 0 Å². The normalized spacial score (nSPS) is 10.9. The lowest BCUT2D eigenvalue weighted by atomic mass is 10.1. The fourth-order valence-corrected chi connectivity index (χ4v) is 3.63. The highest BCUT2D eigenvalue weighted by atomic mass is 35.5. The van der Waals surface area contributed by atoms with Crippen LogP contribution in [0.3, 0.4) is 0 Å². The third-order valence-corrected chi connectivity index (χ3v) is 5.63. The van der Waals surface area contributed by atoms with Crippen molar-refractivity contribution in [2.75, 3.05) is 11.9 Å². The molecule has 0 unspecified atom stereocenters. The first-order chi connectivity index (χ1) is 11.8. The van der Waals surface area contributed by atoms with Gasteiger partial charge < -0.3 is 4.74 Å². The predicted octanol–water partition coefficient (Wildman–Crippen LogP) is 5.55. The van der Waals surface area contributed by atoms with E-state index < -0.39 is 0 Å². The van der Waals surface area contributed by atoms with Gasteiger partial charge in [0.05, 0.1) is 10.2 Å². The van der Waals surface area contributed by atoms with Gasteiger partial charge in [-0.3, -0.25) is 10.1 Å². The SMILES string of the molecule is Cc1cc2sc(NC(=O)COc3cc(C)c(Cl)c(C)c3)nc2cc1Cl. The number of aromatic nitrogens is 1. The van der Waals surface area contributed by atoms with Crippen LogP contribution in [0, 0.1) is 20.8 Å². The van der Waals surface area contributed by atoms with Crippen LogP contribution >= 0.6 is 34.5 Å². The third-order valence-electron chi connectivity index (χ3n) is 3.70. The van der Waals surface area contributed by atoms with Crippen LogP contribution in [0.4, 0.5) is 5.13 Å². The highest BCUT2D eigenvalue weighted by Gasteiger charge is 2.11. The Bertz CT molecular complexity index is 907. The molecule has 0 fully saturated rings. The molecule has 0 radical (unpaired) electrons. The number of thiazole rings is 1. The van der Waals surface area contributed by atoms with Crippen molar-refractivity contribution < 1.29 is 9.53 Å². The molecule has 0 saturated heterocycles. The lowest BCUT2D eigenvalue weighted by molar-refractivity contribution is -0.118. The molecule has 1 aromatic heterocycles. The number of rotatable bonds is 4. The van der Waals surface area contributed by atoms with Crippen LogP contribution < -0.4 is 10.1 Å². The molecule has 4 nitrogen and oxygen atoms in total. The average Bonchev–Trinajstić information content (AvgIpc) is 2.91. The van der Waals surface area contributed by atoms with E-state index in [1.54, 1.807) is 6.07 Å². The quantitative estimate of drug-likeness (QED) is 0.631. The zero-order valence-corrected chi connectivity index (χ0v) is 16.3. The van der Waals surface area contributed by atoms with Gasteiger partial charge in [-0.15, -0.1) is 0 Å². The number of amides is 1. The Balaban J connectivity index is 1.66. The summed E-state index contributed by atoms with van der Waals surface area (Å²) in [6.45, 7) is 5.63. The first-order valence-electron chi connectivity index (χ1n) is 7.59. The summed E-state index contributed by atoms with van der Waals surface area (Å²) in [6.07, 6.45) is 0. The summed E-state index contributed by atoms with van der Waals surface area (Å²) < 4.78 is 6.53. The standard InChI is InChI=1S/C18H16Cl2N2O2S/c1-9-6-15-14(7-13(9)19)21-18(25-15)22-16(23)8-24-12-4-10(2)17(20)11(3)5-12/h4-7H,8H2,1-3H3,(H,21,22,23). The Labute approximate surface area is 159 Å². The molecule has 7 heteroatoms. The van der Waals surface area contributed by atoms with Gasteiger partial charge >= 0.3 is 0 Å². The summed E-state index contributed by atoms with van der Waals surface area (Å²) in [7, 11) is 0. The van der Waals surface area contributed by atoms with Crippen molar-refractivity contribution in [3.63, 3.8) is 0 Å². The number of anilines is 1. The van der Waals surface area contributed by atoms with Gasteiger partial charge in [-0.05, 0) is 61.7 Å². The average molecular weight is 395 g/mol. The van der Waals surface area contributed by atoms with E-state index in [4.69, 9.17) is 27.9 Å². The van der Waals surface area contributed by atoms with Gasteiger partial charge in [0, 0.05) is 10.0 Å². The van der Waals surface area contributed by atoms with Crippen LogP contribution in [0.25, 0.3) is 10.2 Å². The molecule has 0 bridgehead atoms. The highest BCUT2D eigenvalue weighted by molar-refractivity contribution is 7.22. The fourth-order valence-electron chi connectivity index (χ4n) is 2.40. The molecular weight excluding hydrogens is 379 g/mol.